The number of carbonyl (C=O) groups excluding carboxylic acids is 2. The summed E-state index contributed by atoms with van der Waals surface area (Å²) in [5, 5.41) is 1.87. The van der Waals surface area contributed by atoms with E-state index in [1.54, 1.807) is 39.3 Å². The second kappa shape index (κ2) is 11.4. The minimum absolute atomic E-state index is 0.0205. The quantitative estimate of drug-likeness (QED) is 0.364. The van der Waals surface area contributed by atoms with Crippen LogP contribution in [0, 0.1) is 18.7 Å². The first-order valence-electron chi connectivity index (χ1n) is 10.8. The van der Waals surface area contributed by atoms with Crippen LogP contribution in [0.2, 0.25) is 0 Å². The molecule has 0 N–H and O–H groups in total. The van der Waals surface area contributed by atoms with Gasteiger partial charge in [0.25, 0.3) is 5.91 Å². The third kappa shape index (κ3) is 6.74. The summed E-state index contributed by atoms with van der Waals surface area (Å²) >= 11 is 3.04. The highest BCUT2D eigenvalue weighted by Gasteiger charge is 2.24. The first-order valence-corrected chi connectivity index (χ1v) is 12.5. The summed E-state index contributed by atoms with van der Waals surface area (Å²) in [6.45, 7) is 7.58. The van der Waals surface area contributed by atoms with Crippen molar-refractivity contribution in [1.82, 2.24) is 9.80 Å². The average Bonchev–Trinajstić information content (AvgIpc) is 3.45. The van der Waals surface area contributed by atoms with Crippen LogP contribution in [0.3, 0.4) is 0 Å². The SMILES string of the molecule is CC[C@@H](C)CN(CC(=O)N(Cc1ccc(F)cc1)Cc1ccc(C)s1)C(=O)c1cccs1. The van der Waals surface area contributed by atoms with Crippen molar-refractivity contribution in [2.75, 3.05) is 13.1 Å². The monoisotopic (exact) mass is 472 g/mol. The molecule has 7 heteroatoms. The predicted molar refractivity (Wildman–Crippen MR) is 129 cm³/mol. The van der Waals surface area contributed by atoms with Gasteiger partial charge in [-0.1, -0.05) is 38.5 Å². The minimum Gasteiger partial charge on any atom is -0.332 e. The van der Waals surface area contributed by atoms with Crippen molar-refractivity contribution in [3.8, 4) is 0 Å². The second-order valence-corrected chi connectivity index (χ2v) is 10.4. The van der Waals surface area contributed by atoms with Crippen LogP contribution < -0.4 is 0 Å². The van der Waals surface area contributed by atoms with Crippen LogP contribution in [0.4, 0.5) is 4.39 Å². The van der Waals surface area contributed by atoms with Gasteiger partial charge in [0.15, 0.2) is 0 Å². The average molecular weight is 473 g/mol. The van der Waals surface area contributed by atoms with E-state index in [4.69, 9.17) is 0 Å². The summed E-state index contributed by atoms with van der Waals surface area (Å²) in [7, 11) is 0. The van der Waals surface area contributed by atoms with Gasteiger partial charge in [-0.05, 0) is 54.1 Å². The fourth-order valence-corrected chi connectivity index (χ4v) is 4.94. The van der Waals surface area contributed by atoms with E-state index in [2.05, 4.69) is 13.8 Å². The van der Waals surface area contributed by atoms with E-state index < -0.39 is 0 Å². The Kier molecular flexibility index (Phi) is 8.59. The summed E-state index contributed by atoms with van der Waals surface area (Å²) in [6, 6.07) is 13.9. The third-order valence-corrected chi connectivity index (χ3v) is 7.20. The topological polar surface area (TPSA) is 40.6 Å². The fraction of sp³-hybridized carbons (Fsp3) is 0.360. The number of thiophene rings is 2. The van der Waals surface area contributed by atoms with Gasteiger partial charge in [0.2, 0.25) is 5.91 Å². The second-order valence-electron chi connectivity index (χ2n) is 8.07. The standard InChI is InChI=1S/C25H29FN2O2S2/c1-4-18(2)14-28(25(30)23-6-5-13-31-23)17-24(29)27(16-22-12-7-19(3)32-22)15-20-8-10-21(26)11-9-20/h5-13,18H,4,14-17H2,1-3H3/t18-/m1/s1. The molecule has 0 aliphatic rings. The molecule has 0 aliphatic carbocycles. The lowest BCUT2D eigenvalue weighted by molar-refractivity contribution is -0.133. The van der Waals surface area contributed by atoms with E-state index in [9.17, 15) is 14.0 Å². The fourth-order valence-electron chi connectivity index (χ4n) is 3.34. The normalized spacial score (nSPS) is 11.9. The molecule has 3 aromatic rings. The predicted octanol–water partition coefficient (Wildman–Crippen LogP) is 5.97. The van der Waals surface area contributed by atoms with Crippen molar-refractivity contribution in [2.24, 2.45) is 5.92 Å². The molecule has 0 unspecified atom stereocenters. The smallest absolute Gasteiger partial charge is 0.264 e. The van der Waals surface area contributed by atoms with E-state index in [1.807, 2.05) is 30.5 Å². The van der Waals surface area contributed by atoms with Crippen LogP contribution in [0.5, 0.6) is 0 Å². The Hall–Kier alpha value is -2.51. The molecule has 2 amide bonds. The number of nitrogens with zero attached hydrogens (tertiary/aromatic N) is 2. The van der Waals surface area contributed by atoms with Crippen LogP contribution in [0.15, 0.2) is 53.9 Å². The lowest BCUT2D eigenvalue weighted by Crippen LogP contribution is -2.43. The molecule has 0 bridgehead atoms. The summed E-state index contributed by atoms with van der Waals surface area (Å²) in [6.07, 6.45) is 0.927. The van der Waals surface area contributed by atoms with Gasteiger partial charge in [0, 0.05) is 22.8 Å². The van der Waals surface area contributed by atoms with Crippen molar-refractivity contribution in [3.63, 3.8) is 0 Å². The molecule has 32 heavy (non-hydrogen) atoms. The van der Waals surface area contributed by atoms with Gasteiger partial charge >= 0.3 is 0 Å². The van der Waals surface area contributed by atoms with Gasteiger partial charge in [-0.15, -0.1) is 22.7 Å². The number of halogens is 1. The zero-order chi connectivity index (χ0) is 23.1. The molecule has 0 fully saturated rings. The first-order chi connectivity index (χ1) is 15.4. The highest BCUT2D eigenvalue weighted by atomic mass is 32.1. The molecule has 2 heterocycles. The van der Waals surface area contributed by atoms with Gasteiger partial charge in [-0.2, -0.15) is 0 Å². The number of amides is 2. The van der Waals surface area contributed by atoms with Crippen molar-refractivity contribution in [1.29, 1.82) is 0 Å². The van der Waals surface area contributed by atoms with Crippen LogP contribution in [-0.2, 0) is 17.9 Å². The van der Waals surface area contributed by atoms with Crippen LogP contribution >= 0.6 is 22.7 Å². The van der Waals surface area contributed by atoms with Crippen LogP contribution in [0.1, 0.15) is 45.3 Å². The molecule has 0 aliphatic heterocycles. The molecule has 0 spiro atoms. The number of hydrogen-bond donors (Lipinski definition) is 0. The summed E-state index contributed by atoms with van der Waals surface area (Å²) in [4.78, 5) is 32.9. The Morgan fingerprint density at radius 2 is 1.78 bits per heavy atom. The Labute approximate surface area is 197 Å². The maximum absolute atomic E-state index is 13.4. The largest absolute Gasteiger partial charge is 0.332 e. The molecule has 0 radical (unpaired) electrons. The molecule has 0 saturated carbocycles. The van der Waals surface area contributed by atoms with Gasteiger partial charge in [0.05, 0.1) is 11.4 Å². The van der Waals surface area contributed by atoms with Gasteiger partial charge < -0.3 is 9.80 Å². The van der Waals surface area contributed by atoms with E-state index >= 15 is 0 Å². The Bertz CT molecular complexity index is 1020. The molecule has 2 aromatic heterocycles. The number of benzene rings is 1. The maximum Gasteiger partial charge on any atom is 0.264 e. The van der Waals surface area contributed by atoms with Gasteiger partial charge in [0.1, 0.15) is 12.4 Å². The van der Waals surface area contributed by atoms with Crippen molar-refractivity contribution >= 4 is 34.5 Å². The maximum atomic E-state index is 13.4. The lowest BCUT2D eigenvalue weighted by atomic mass is 10.1. The molecule has 1 aromatic carbocycles. The number of hydrogen-bond acceptors (Lipinski definition) is 4. The van der Waals surface area contributed by atoms with Crippen molar-refractivity contribution in [3.05, 3.63) is 79.9 Å². The molecule has 170 valence electrons. The van der Waals surface area contributed by atoms with Crippen LogP contribution in [-0.4, -0.2) is 34.7 Å². The Morgan fingerprint density at radius 1 is 1.03 bits per heavy atom. The van der Waals surface area contributed by atoms with Crippen LogP contribution in [0.25, 0.3) is 0 Å². The van der Waals surface area contributed by atoms with E-state index in [0.29, 0.717) is 24.5 Å². The minimum atomic E-state index is -0.304. The van der Waals surface area contributed by atoms with E-state index in [1.165, 1.54) is 28.3 Å². The van der Waals surface area contributed by atoms with Crippen molar-refractivity contribution < 1.29 is 14.0 Å². The summed E-state index contributed by atoms with van der Waals surface area (Å²) < 4.78 is 13.4. The van der Waals surface area contributed by atoms with E-state index in [0.717, 1.165) is 16.9 Å². The van der Waals surface area contributed by atoms with E-state index in [-0.39, 0.29) is 30.1 Å². The number of aryl methyl sites for hydroxylation is 1. The first kappa shape index (κ1) is 24.1. The highest BCUT2D eigenvalue weighted by molar-refractivity contribution is 7.12. The molecule has 1 atom stereocenters. The molecule has 0 saturated heterocycles. The van der Waals surface area contributed by atoms with Gasteiger partial charge in [-0.25, -0.2) is 4.39 Å². The Balaban J connectivity index is 1.81. The highest BCUT2D eigenvalue weighted by Crippen LogP contribution is 2.20. The summed E-state index contributed by atoms with van der Waals surface area (Å²) in [5.41, 5.74) is 0.853. The molecule has 4 nitrogen and oxygen atoms in total. The third-order valence-electron chi connectivity index (χ3n) is 5.36. The van der Waals surface area contributed by atoms with Crippen molar-refractivity contribution in [2.45, 2.75) is 40.3 Å². The zero-order valence-corrected chi connectivity index (χ0v) is 20.3. The number of rotatable bonds is 10. The molecular weight excluding hydrogens is 443 g/mol. The lowest BCUT2D eigenvalue weighted by Gasteiger charge is -2.29. The Morgan fingerprint density at radius 3 is 2.38 bits per heavy atom. The molecular formula is C25H29FN2O2S2. The van der Waals surface area contributed by atoms with Gasteiger partial charge in [-0.3, -0.25) is 9.59 Å². The number of carbonyl (C=O) groups is 2. The summed E-state index contributed by atoms with van der Waals surface area (Å²) in [5.74, 6) is -0.241. The zero-order valence-electron chi connectivity index (χ0n) is 18.7. The molecule has 3 rings (SSSR count).